The minimum Gasteiger partial charge on any atom is -0.289 e. The number of ketones is 1. The number of pyridine rings is 1. The van der Waals surface area contributed by atoms with Crippen molar-refractivity contribution in [3.63, 3.8) is 0 Å². The number of hydrogen-bond donors (Lipinski definition) is 0. The van der Waals surface area contributed by atoms with Crippen LogP contribution in [0.4, 0.5) is 0 Å². The minimum atomic E-state index is 0.115. The summed E-state index contributed by atoms with van der Waals surface area (Å²) in [6.07, 6.45) is 9.50. The molecule has 0 unspecified atom stereocenters. The predicted octanol–water partition coefficient (Wildman–Crippen LogP) is 4.31. The van der Waals surface area contributed by atoms with E-state index in [1.54, 1.807) is 6.20 Å². The molecule has 1 saturated carbocycles. The molecule has 2 heteroatoms. The van der Waals surface area contributed by atoms with Crippen molar-refractivity contribution < 1.29 is 4.79 Å². The first-order valence-electron chi connectivity index (χ1n) is 6.91. The lowest BCUT2D eigenvalue weighted by molar-refractivity contribution is 0.104. The number of rotatable bonds is 2. The molecule has 0 spiro atoms. The number of benzene rings is 1. The monoisotopic (exact) mass is 251 g/mol. The van der Waals surface area contributed by atoms with Gasteiger partial charge in [-0.3, -0.25) is 9.78 Å². The van der Waals surface area contributed by atoms with Gasteiger partial charge in [-0.2, -0.15) is 0 Å². The third-order valence-electron chi connectivity index (χ3n) is 3.72. The molecule has 1 aromatic heterocycles. The van der Waals surface area contributed by atoms with E-state index in [1.807, 2.05) is 36.4 Å². The minimum absolute atomic E-state index is 0.115. The van der Waals surface area contributed by atoms with E-state index in [2.05, 4.69) is 4.98 Å². The fourth-order valence-electron chi connectivity index (χ4n) is 2.64. The summed E-state index contributed by atoms with van der Waals surface area (Å²) < 4.78 is 0. The van der Waals surface area contributed by atoms with Crippen LogP contribution in [0.2, 0.25) is 0 Å². The topological polar surface area (TPSA) is 30.0 Å². The van der Waals surface area contributed by atoms with Crippen LogP contribution in [-0.4, -0.2) is 10.8 Å². The molecule has 1 fully saturated rings. The van der Waals surface area contributed by atoms with Gasteiger partial charge < -0.3 is 0 Å². The lowest BCUT2D eigenvalue weighted by Crippen LogP contribution is -2.00. The normalized spacial score (nSPS) is 15.5. The zero-order valence-corrected chi connectivity index (χ0v) is 10.9. The lowest BCUT2D eigenvalue weighted by atomic mass is 9.93. The summed E-state index contributed by atoms with van der Waals surface area (Å²) in [7, 11) is 0. The molecule has 0 bridgehead atoms. The van der Waals surface area contributed by atoms with E-state index in [0.29, 0.717) is 0 Å². The zero-order valence-electron chi connectivity index (χ0n) is 10.9. The third kappa shape index (κ3) is 2.73. The van der Waals surface area contributed by atoms with Gasteiger partial charge in [-0.25, -0.2) is 0 Å². The smallest absolute Gasteiger partial charge is 0.185 e. The maximum Gasteiger partial charge on any atom is 0.185 e. The highest BCUT2D eigenvalue weighted by Gasteiger charge is 2.09. The summed E-state index contributed by atoms with van der Waals surface area (Å²) in [4.78, 5) is 16.6. The van der Waals surface area contributed by atoms with Crippen molar-refractivity contribution in [3.05, 3.63) is 53.7 Å². The summed E-state index contributed by atoms with van der Waals surface area (Å²) >= 11 is 0. The molecule has 19 heavy (non-hydrogen) atoms. The molecular formula is C17H17NO. The molecule has 1 aliphatic rings. The molecule has 2 aromatic rings. The van der Waals surface area contributed by atoms with Gasteiger partial charge in [-0.1, -0.05) is 30.2 Å². The Bertz CT molecular complexity index is 635. The number of hydrogen-bond acceptors (Lipinski definition) is 2. The van der Waals surface area contributed by atoms with Gasteiger partial charge in [-0.05, 0) is 43.9 Å². The largest absolute Gasteiger partial charge is 0.289 e. The van der Waals surface area contributed by atoms with E-state index in [4.69, 9.17) is 0 Å². The fourth-order valence-corrected chi connectivity index (χ4v) is 2.64. The zero-order chi connectivity index (χ0) is 13.1. The number of fused-ring (bicyclic) bond motifs is 1. The van der Waals surface area contributed by atoms with E-state index in [0.717, 1.165) is 29.3 Å². The first-order chi connectivity index (χ1) is 9.33. The van der Waals surface area contributed by atoms with Gasteiger partial charge in [0.15, 0.2) is 5.78 Å². The van der Waals surface area contributed by atoms with Crippen molar-refractivity contribution in [1.82, 2.24) is 4.98 Å². The van der Waals surface area contributed by atoms with E-state index < -0.39 is 0 Å². The second-order valence-electron chi connectivity index (χ2n) is 5.14. The van der Waals surface area contributed by atoms with Crippen molar-refractivity contribution in [1.29, 1.82) is 0 Å². The SMILES string of the molecule is O=C(C=C1CCCCC1)c1ccc2cccnc2c1. The first kappa shape index (κ1) is 12.1. The molecule has 0 atom stereocenters. The molecule has 3 rings (SSSR count). The van der Waals surface area contributed by atoms with E-state index in [1.165, 1.54) is 24.8 Å². The summed E-state index contributed by atoms with van der Waals surface area (Å²) in [5.74, 6) is 0.115. The van der Waals surface area contributed by atoms with Crippen LogP contribution in [0.3, 0.4) is 0 Å². The van der Waals surface area contributed by atoms with Crippen LogP contribution in [0.25, 0.3) is 10.9 Å². The van der Waals surface area contributed by atoms with Crippen LogP contribution < -0.4 is 0 Å². The number of carbonyl (C=O) groups is 1. The Morgan fingerprint density at radius 2 is 1.95 bits per heavy atom. The van der Waals surface area contributed by atoms with Crippen molar-refractivity contribution in [2.75, 3.05) is 0 Å². The lowest BCUT2D eigenvalue weighted by Gasteiger charge is -2.12. The molecule has 0 amide bonds. The van der Waals surface area contributed by atoms with Crippen LogP contribution in [0.1, 0.15) is 42.5 Å². The van der Waals surface area contributed by atoms with Crippen LogP contribution in [0.15, 0.2) is 48.2 Å². The van der Waals surface area contributed by atoms with Gasteiger partial charge in [0.25, 0.3) is 0 Å². The van der Waals surface area contributed by atoms with Gasteiger partial charge >= 0.3 is 0 Å². The van der Waals surface area contributed by atoms with Gasteiger partial charge in [0.1, 0.15) is 0 Å². The maximum atomic E-state index is 12.3. The van der Waals surface area contributed by atoms with Gasteiger partial charge in [0, 0.05) is 17.1 Å². The molecule has 2 nitrogen and oxygen atoms in total. The Morgan fingerprint density at radius 1 is 1.11 bits per heavy atom. The number of allylic oxidation sites excluding steroid dienone is 2. The highest BCUT2D eigenvalue weighted by atomic mass is 16.1. The van der Waals surface area contributed by atoms with Crippen LogP contribution in [0, 0.1) is 0 Å². The number of nitrogens with zero attached hydrogens (tertiary/aromatic N) is 1. The highest BCUT2D eigenvalue weighted by molar-refractivity contribution is 6.06. The van der Waals surface area contributed by atoms with Gasteiger partial charge in [-0.15, -0.1) is 0 Å². The van der Waals surface area contributed by atoms with E-state index in [9.17, 15) is 4.79 Å². The number of aromatic nitrogens is 1. The number of carbonyl (C=O) groups excluding carboxylic acids is 1. The van der Waals surface area contributed by atoms with Crippen molar-refractivity contribution in [2.24, 2.45) is 0 Å². The molecule has 0 aliphatic heterocycles. The van der Waals surface area contributed by atoms with E-state index >= 15 is 0 Å². The van der Waals surface area contributed by atoms with Crippen LogP contribution in [0.5, 0.6) is 0 Å². The predicted molar refractivity (Wildman–Crippen MR) is 77.2 cm³/mol. The van der Waals surface area contributed by atoms with Crippen LogP contribution in [-0.2, 0) is 0 Å². The Kier molecular flexibility index (Phi) is 3.41. The van der Waals surface area contributed by atoms with Crippen LogP contribution >= 0.6 is 0 Å². The van der Waals surface area contributed by atoms with Crippen molar-refractivity contribution in [2.45, 2.75) is 32.1 Å². The molecular weight excluding hydrogens is 234 g/mol. The highest BCUT2D eigenvalue weighted by Crippen LogP contribution is 2.23. The second kappa shape index (κ2) is 5.35. The average molecular weight is 251 g/mol. The third-order valence-corrected chi connectivity index (χ3v) is 3.72. The first-order valence-corrected chi connectivity index (χ1v) is 6.91. The molecule has 96 valence electrons. The van der Waals surface area contributed by atoms with E-state index in [-0.39, 0.29) is 5.78 Å². The Labute approximate surface area is 113 Å². The van der Waals surface area contributed by atoms with Gasteiger partial charge in [0.05, 0.1) is 5.52 Å². The van der Waals surface area contributed by atoms with Crippen molar-refractivity contribution >= 4 is 16.7 Å². The second-order valence-corrected chi connectivity index (χ2v) is 5.14. The standard InChI is InChI=1S/C17H17NO/c19-17(11-13-5-2-1-3-6-13)15-9-8-14-7-4-10-18-16(14)12-15/h4,7-12H,1-3,5-6H2. The Balaban J connectivity index is 1.88. The molecule has 0 N–H and O–H groups in total. The van der Waals surface area contributed by atoms with Crippen molar-refractivity contribution in [3.8, 4) is 0 Å². The summed E-state index contributed by atoms with van der Waals surface area (Å²) in [6.45, 7) is 0. The Morgan fingerprint density at radius 3 is 2.79 bits per heavy atom. The summed E-state index contributed by atoms with van der Waals surface area (Å²) in [5, 5.41) is 1.07. The van der Waals surface area contributed by atoms with Gasteiger partial charge in [0.2, 0.25) is 0 Å². The molecule has 1 heterocycles. The Hall–Kier alpha value is -1.96. The summed E-state index contributed by atoms with van der Waals surface area (Å²) in [5.41, 5.74) is 2.93. The maximum absolute atomic E-state index is 12.3. The fraction of sp³-hybridized carbons (Fsp3) is 0.294. The quantitative estimate of drug-likeness (QED) is 0.588. The molecule has 0 saturated heterocycles. The molecule has 1 aromatic carbocycles. The summed E-state index contributed by atoms with van der Waals surface area (Å²) in [6, 6.07) is 9.67. The average Bonchev–Trinajstić information content (AvgIpc) is 2.48. The molecule has 1 aliphatic carbocycles. The molecule has 0 radical (unpaired) electrons.